The number of fused-ring (bicyclic) bond motifs is 3. The van der Waals surface area contributed by atoms with Crippen LogP contribution >= 0.6 is 0 Å². The third-order valence-electron chi connectivity index (χ3n) is 5.29. The minimum atomic E-state index is 0.795. The quantitative estimate of drug-likeness (QED) is 0.294. The van der Waals surface area contributed by atoms with Crippen LogP contribution in [0.4, 0.5) is 5.69 Å². The molecular weight excluding hydrogens is 358 g/mol. The third-order valence-corrected chi connectivity index (χ3v) is 5.29. The molecule has 0 spiro atoms. The van der Waals surface area contributed by atoms with Gasteiger partial charge in [0.25, 0.3) is 0 Å². The number of rotatable bonds is 7. The number of hydrogen-bond acceptors (Lipinski definition) is 3. The van der Waals surface area contributed by atoms with E-state index in [1.165, 1.54) is 12.8 Å². The summed E-state index contributed by atoms with van der Waals surface area (Å²) in [7, 11) is 1.68. The van der Waals surface area contributed by atoms with Crippen LogP contribution in [0, 0.1) is 0 Å². The zero-order valence-electron chi connectivity index (χ0n) is 17.0. The van der Waals surface area contributed by atoms with E-state index in [0.29, 0.717) is 0 Å². The van der Waals surface area contributed by atoms with Gasteiger partial charge in [-0.25, -0.2) is 4.98 Å². The van der Waals surface area contributed by atoms with Gasteiger partial charge in [0.15, 0.2) is 0 Å². The average molecular weight is 386 g/mol. The van der Waals surface area contributed by atoms with E-state index < -0.39 is 0 Å². The number of benzene rings is 2. The zero-order chi connectivity index (χ0) is 20.2. The topological polar surface area (TPSA) is 63.9 Å². The minimum absolute atomic E-state index is 0.795. The lowest BCUT2D eigenvalue weighted by Crippen LogP contribution is -1.95. The Hall–Kier alpha value is -3.27. The molecule has 0 aliphatic rings. The number of nitrogens with zero attached hydrogens (tertiary/aromatic N) is 1. The molecule has 0 unspecified atom stereocenters. The van der Waals surface area contributed by atoms with Gasteiger partial charge in [-0.1, -0.05) is 50.1 Å². The van der Waals surface area contributed by atoms with Gasteiger partial charge in [-0.05, 0) is 54.3 Å². The lowest BCUT2D eigenvalue weighted by atomic mass is 10.1. The molecule has 2 aromatic heterocycles. The first-order valence-corrected chi connectivity index (χ1v) is 10.2. The number of H-pyrrole nitrogens is 1. The van der Waals surface area contributed by atoms with E-state index in [4.69, 9.17) is 15.5 Å². The molecule has 29 heavy (non-hydrogen) atoms. The molecule has 4 nitrogen and oxygen atoms in total. The molecular formula is C25H27N3O. The molecule has 0 bridgehead atoms. The van der Waals surface area contributed by atoms with Crippen molar-refractivity contribution in [2.24, 2.45) is 0 Å². The second kappa shape index (κ2) is 8.39. The molecule has 2 aromatic carbocycles. The Morgan fingerprint density at radius 1 is 1.00 bits per heavy atom. The first-order valence-electron chi connectivity index (χ1n) is 10.2. The van der Waals surface area contributed by atoms with Crippen molar-refractivity contribution < 1.29 is 4.74 Å². The van der Waals surface area contributed by atoms with Gasteiger partial charge >= 0.3 is 0 Å². The Kier molecular flexibility index (Phi) is 5.52. The van der Waals surface area contributed by atoms with Crippen LogP contribution in [0.25, 0.3) is 34.1 Å². The number of nitrogen functional groups attached to an aromatic ring is 1. The number of hydrogen-bond donors (Lipinski definition) is 2. The summed E-state index contributed by atoms with van der Waals surface area (Å²) in [5, 5.41) is 2.13. The first kappa shape index (κ1) is 19.1. The molecule has 148 valence electrons. The molecule has 0 aliphatic heterocycles. The smallest absolute Gasteiger partial charge is 0.140 e. The number of pyridine rings is 1. The summed E-state index contributed by atoms with van der Waals surface area (Å²) in [6.07, 6.45) is 8.76. The average Bonchev–Trinajstić information content (AvgIpc) is 3.11. The summed E-state index contributed by atoms with van der Waals surface area (Å²) in [5.74, 6) is 0.861. The van der Waals surface area contributed by atoms with E-state index in [-0.39, 0.29) is 0 Å². The van der Waals surface area contributed by atoms with Gasteiger partial charge in [0.2, 0.25) is 0 Å². The lowest BCUT2D eigenvalue weighted by molar-refractivity contribution is 0.415. The predicted molar refractivity (Wildman–Crippen MR) is 123 cm³/mol. The van der Waals surface area contributed by atoms with Crippen LogP contribution in [0.5, 0.6) is 5.75 Å². The van der Waals surface area contributed by atoms with Gasteiger partial charge in [-0.3, -0.25) is 0 Å². The molecule has 4 rings (SSSR count). The molecule has 3 N–H and O–H groups in total. The van der Waals surface area contributed by atoms with Crippen molar-refractivity contribution in [1.29, 1.82) is 0 Å². The van der Waals surface area contributed by atoms with Crippen molar-refractivity contribution in [2.45, 2.75) is 32.6 Å². The Morgan fingerprint density at radius 3 is 2.52 bits per heavy atom. The summed E-state index contributed by atoms with van der Waals surface area (Å²) < 4.78 is 5.21. The van der Waals surface area contributed by atoms with E-state index in [2.05, 4.69) is 42.3 Å². The molecule has 0 aliphatic carbocycles. The van der Waals surface area contributed by atoms with Crippen molar-refractivity contribution in [1.82, 2.24) is 9.97 Å². The van der Waals surface area contributed by atoms with Crippen LogP contribution in [0.1, 0.15) is 43.0 Å². The van der Waals surface area contributed by atoms with E-state index in [1.807, 2.05) is 30.3 Å². The Balaban J connectivity index is 1.65. The number of anilines is 1. The molecule has 0 amide bonds. The molecule has 4 heteroatoms. The minimum Gasteiger partial charge on any atom is -0.497 e. The SMILES string of the molecule is CCCCCc1cc(N)c2c(n1)[nH]c1ccc(C=Cc3ccc(OC)cc3)cc12. The molecule has 0 saturated carbocycles. The van der Waals surface area contributed by atoms with Crippen molar-refractivity contribution in [2.75, 3.05) is 12.8 Å². The fraction of sp³-hybridized carbons (Fsp3) is 0.240. The highest BCUT2D eigenvalue weighted by Gasteiger charge is 2.11. The predicted octanol–water partition coefficient (Wildman–Crippen LogP) is 6.21. The number of ether oxygens (including phenoxy) is 1. The van der Waals surface area contributed by atoms with E-state index in [0.717, 1.165) is 63.0 Å². The molecule has 0 radical (unpaired) electrons. The largest absolute Gasteiger partial charge is 0.497 e. The van der Waals surface area contributed by atoms with Gasteiger partial charge in [-0.2, -0.15) is 0 Å². The maximum absolute atomic E-state index is 6.42. The normalized spacial score (nSPS) is 11.7. The van der Waals surface area contributed by atoms with Gasteiger partial charge in [0, 0.05) is 27.7 Å². The van der Waals surface area contributed by atoms with Gasteiger partial charge in [-0.15, -0.1) is 0 Å². The molecule has 0 saturated heterocycles. The van der Waals surface area contributed by atoms with Crippen molar-refractivity contribution in [3.05, 3.63) is 65.4 Å². The standard InChI is InChI=1S/C25H27N3O/c1-3-4-5-6-19-16-22(26)24-21-15-18(11-14-23(21)28-25(24)27-19)8-7-17-9-12-20(29-2)13-10-17/h7-16H,3-6H2,1-2H3,(H3,26,27,28). The molecule has 0 atom stereocenters. The molecule has 0 fully saturated rings. The summed E-state index contributed by atoms with van der Waals surface area (Å²) in [4.78, 5) is 8.25. The van der Waals surface area contributed by atoms with Crippen LogP contribution < -0.4 is 10.5 Å². The third kappa shape index (κ3) is 4.11. The number of aryl methyl sites for hydroxylation is 1. The van der Waals surface area contributed by atoms with Crippen molar-refractivity contribution in [3.8, 4) is 5.75 Å². The summed E-state index contributed by atoms with van der Waals surface area (Å²) >= 11 is 0. The van der Waals surface area contributed by atoms with E-state index >= 15 is 0 Å². The fourth-order valence-electron chi connectivity index (χ4n) is 3.69. The van der Waals surface area contributed by atoms with Gasteiger partial charge in [0.1, 0.15) is 11.4 Å². The van der Waals surface area contributed by atoms with Gasteiger partial charge in [0.05, 0.1) is 7.11 Å². The summed E-state index contributed by atoms with van der Waals surface area (Å²) in [5.41, 5.74) is 12.5. The monoisotopic (exact) mass is 385 g/mol. The van der Waals surface area contributed by atoms with Crippen LogP contribution in [0.15, 0.2) is 48.5 Å². The number of aromatic nitrogens is 2. The highest BCUT2D eigenvalue weighted by molar-refractivity contribution is 6.12. The first-order chi connectivity index (χ1) is 14.2. The van der Waals surface area contributed by atoms with Crippen LogP contribution in [-0.2, 0) is 6.42 Å². The number of nitrogens with two attached hydrogens (primary N) is 1. The zero-order valence-corrected chi connectivity index (χ0v) is 17.0. The van der Waals surface area contributed by atoms with Gasteiger partial charge < -0.3 is 15.5 Å². The lowest BCUT2D eigenvalue weighted by Gasteiger charge is -2.04. The molecule has 2 heterocycles. The number of unbranched alkanes of at least 4 members (excludes halogenated alkanes) is 2. The summed E-state index contributed by atoms with van der Waals surface area (Å²) in [6.45, 7) is 2.21. The van der Waals surface area contributed by atoms with Crippen LogP contribution in [0.3, 0.4) is 0 Å². The highest BCUT2D eigenvalue weighted by atomic mass is 16.5. The van der Waals surface area contributed by atoms with E-state index in [1.54, 1.807) is 7.11 Å². The fourth-order valence-corrected chi connectivity index (χ4v) is 3.69. The Morgan fingerprint density at radius 2 is 1.76 bits per heavy atom. The Bertz CT molecular complexity index is 1160. The maximum Gasteiger partial charge on any atom is 0.140 e. The Labute approximate surface area is 171 Å². The van der Waals surface area contributed by atoms with Crippen LogP contribution in [0.2, 0.25) is 0 Å². The number of nitrogens with one attached hydrogen (secondary N) is 1. The second-order valence-corrected chi connectivity index (χ2v) is 7.42. The van der Waals surface area contributed by atoms with E-state index in [9.17, 15) is 0 Å². The van der Waals surface area contributed by atoms with Crippen molar-refractivity contribution >= 4 is 39.8 Å². The van der Waals surface area contributed by atoms with Crippen molar-refractivity contribution in [3.63, 3.8) is 0 Å². The number of aromatic amines is 1. The maximum atomic E-state index is 6.42. The van der Waals surface area contributed by atoms with Crippen LogP contribution in [-0.4, -0.2) is 17.1 Å². The number of methoxy groups -OCH3 is 1. The molecule has 4 aromatic rings. The second-order valence-electron chi connectivity index (χ2n) is 7.42. The highest BCUT2D eigenvalue weighted by Crippen LogP contribution is 2.31. The summed E-state index contributed by atoms with van der Waals surface area (Å²) in [6, 6.07) is 16.4.